The van der Waals surface area contributed by atoms with Crippen molar-refractivity contribution in [2.24, 2.45) is 0 Å². The molecule has 0 aliphatic rings. The third-order valence-electron chi connectivity index (χ3n) is 3.16. The van der Waals surface area contributed by atoms with E-state index in [1.54, 1.807) is 18.3 Å². The van der Waals surface area contributed by atoms with E-state index >= 15 is 0 Å². The first-order valence-electron chi connectivity index (χ1n) is 6.08. The third-order valence-corrected chi connectivity index (χ3v) is 3.16. The van der Waals surface area contributed by atoms with Crippen LogP contribution in [-0.2, 0) is 6.42 Å². The summed E-state index contributed by atoms with van der Waals surface area (Å²) in [4.78, 5) is 15.2. The van der Waals surface area contributed by atoms with Gasteiger partial charge in [0.15, 0.2) is 5.78 Å². The topological polar surface area (TPSA) is 32.9 Å². The van der Waals surface area contributed by atoms with Crippen molar-refractivity contribution < 1.29 is 9.18 Å². The molecule has 0 spiro atoms. The highest BCUT2D eigenvalue weighted by Gasteiger charge is 2.15. The summed E-state index contributed by atoms with van der Waals surface area (Å²) in [6.07, 6.45) is 1.86. The van der Waals surface area contributed by atoms with E-state index in [1.165, 1.54) is 6.07 Å². The molecule has 0 aliphatic heterocycles. The minimum absolute atomic E-state index is 0.0810. The van der Waals surface area contributed by atoms with E-state index < -0.39 is 0 Å². The normalized spacial score (nSPS) is 10.8. The zero-order valence-electron chi connectivity index (χ0n) is 10.2. The highest BCUT2D eigenvalue weighted by molar-refractivity contribution is 6.08. The average molecular weight is 253 g/mol. The summed E-state index contributed by atoms with van der Waals surface area (Å²) in [6, 6.07) is 14.2. The summed E-state index contributed by atoms with van der Waals surface area (Å²) < 4.78 is 13.8. The molecule has 1 N–H and O–H groups in total. The molecular formula is C16H12FNO. The Morgan fingerprint density at radius 1 is 1.05 bits per heavy atom. The molecule has 0 saturated heterocycles. The maximum atomic E-state index is 13.8. The zero-order chi connectivity index (χ0) is 13.2. The summed E-state index contributed by atoms with van der Waals surface area (Å²) in [5, 5.41) is 0.378. The number of ketones is 1. The van der Waals surface area contributed by atoms with Crippen molar-refractivity contribution in [3.63, 3.8) is 0 Å². The molecule has 19 heavy (non-hydrogen) atoms. The molecule has 0 atom stereocenters. The largest absolute Gasteiger partial charge is 0.360 e. The molecule has 0 saturated carbocycles. The van der Waals surface area contributed by atoms with E-state index in [4.69, 9.17) is 0 Å². The van der Waals surface area contributed by atoms with Crippen molar-refractivity contribution >= 4 is 16.7 Å². The van der Waals surface area contributed by atoms with Crippen molar-refractivity contribution in [2.75, 3.05) is 0 Å². The Labute approximate surface area is 109 Å². The summed E-state index contributed by atoms with van der Waals surface area (Å²) in [6.45, 7) is 0. The van der Waals surface area contributed by atoms with Gasteiger partial charge in [0, 0.05) is 29.1 Å². The standard InChI is InChI=1S/C16H12FNO/c17-13-7-4-8-14-16(13)12(10-18-14)15(19)9-11-5-2-1-3-6-11/h1-8,10,18H,9H2. The fourth-order valence-corrected chi connectivity index (χ4v) is 2.24. The highest BCUT2D eigenvalue weighted by atomic mass is 19.1. The number of Topliss-reactive ketones (excluding diaryl/α,β-unsaturated/α-hetero) is 1. The van der Waals surface area contributed by atoms with Gasteiger partial charge in [0.25, 0.3) is 0 Å². The van der Waals surface area contributed by atoms with Gasteiger partial charge in [0.1, 0.15) is 5.82 Å². The lowest BCUT2D eigenvalue weighted by molar-refractivity contribution is 0.0994. The molecule has 0 bridgehead atoms. The van der Waals surface area contributed by atoms with Crippen LogP contribution in [0.25, 0.3) is 10.9 Å². The number of rotatable bonds is 3. The first-order valence-corrected chi connectivity index (χ1v) is 6.08. The van der Waals surface area contributed by atoms with Crippen LogP contribution < -0.4 is 0 Å². The van der Waals surface area contributed by atoms with Gasteiger partial charge >= 0.3 is 0 Å². The van der Waals surface area contributed by atoms with Crippen LogP contribution in [0.5, 0.6) is 0 Å². The number of aromatic nitrogens is 1. The van der Waals surface area contributed by atoms with Crippen molar-refractivity contribution in [2.45, 2.75) is 6.42 Å². The molecule has 1 heterocycles. The second-order valence-electron chi connectivity index (χ2n) is 4.45. The third kappa shape index (κ3) is 2.15. The van der Waals surface area contributed by atoms with Gasteiger partial charge in [-0.05, 0) is 17.7 Å². The van der Waals surface area contributed by atoms with Gasteiger partial charge in [-0.2, -0.15) is 0 Å². The molecule has 2 nitrogen and oxygen atoms in total. The number of fused-ring (bicyclic) bond motifs is 1. The van der Waals surface area contributed by atoms with E-state index in [9.17, 15) is 9.18 Å². The Morgan fingerprint density at radius 2 is 1.84 bits per heavy atom. The average Bonchev–Trinajstić information content (AvgIpc) is 2.85. The van der Waals surface area contributed by atoms with Gasteiger partial charge < -0.3 is 4.98 Å². The van der Waals surface area contributed by atoms with Crippen molar-refractivity contribution in [3.05, 3.63) is 71.7 Å². The quantitative estimate of drug-likeness (QED) is 0.709. The number of benzene rings is 2. The molecule has 0 fully saturated rings. The molecule has 2 aromatic carbocycles. The lowest BCUT2D eigenvalue weighted by atomic mass is 10.0. The summed E-state index contributed by atoms with van der Waals surface area (Å²) in [5.41, 5.74) is 1.99. The van der Waals surface area contributed by atoms with Crippen LogP contribution in [0.3, 0.4) is 0 Å². The number of carbonyl (C=O) groups is 1. The zero-order valence-corrected chi connectivity index (χ0v) is 10.2. The minimum Gasteiger partial charge on any atom is -0.360 e. The maximum Gasteiger partial charge on any atom is 0.169 e. The van der Waals surface area contributed by atoms with Crippen molar-refractivity contribution in [3.8, 4) is 0 Å². The summed E-state index contributed by atoms with van der Waals surface area (Å²) in [7, 11) is 0. The predicted octanol–water partition coefficient (Wildman–Crippen LogP) is 3.73. The molecule has 0 radical (unpaired) electrons. The number of carbonyl (C=O) groups excluding carboxylic acids is 1. The second-order valence-corrected chi connectivity index (χ2v) is 4.45. The first kappa shape index (κ1) is 11.7. The number of halogens is 1. The van der Waals surface area contributed by atoms with Gasteiger partial charge in [-0.3, -0.25) is 4.79 Å². The Bertz CT molecular complexity index is 731. The Morgan fingerprint density at radius 3 is 2.63 bits per heavy atom. The molecule has 3 rings (SSSR count). The Balaban J connectivity index is 1.99. The Kier molecular flexibility index (Phi) is 2.88. The van der Waals surface area contributed by atoms with E-state index in [-0.39, 0.29) is 18.0 Å². The van der Waals surface area contributed by atoms with E-state index in [0.717, 1.165) is 5.56 Å². The van der Waals surface area contributed by atoms with Gasteiger partial charge in [-0.25, -0.2) is 4.39 Å². The maximum absolute atomic E-state index is 13.8. The van der Waals surface area contributed by atoms with Crippen LogP contribution in [0.15, 0.2) is 54.7 Å². The van der Waals surface area contributed by atoms with Gasteiger partial charge in [-0.15, -0.1) is 0 Å². The Hall–Kier alpha value is -2.42. The number of H-pyrrole nitrogens is 1. The van der Waals surface area contributed by atoms with Crippen LogP contribution in [0, 0.1) is 5.82 Å². The predicted molar refractivity (Wildman–Crippen MR) is 72.7 cm³/mol. The van der Waals surface area contributed by atoms with E-state index in [1.807, 2.05) is 30.3 Å². The van der Waals surface area contributed by atoms with E-state index in [2.05, 4.69) is 4.98 Å². The number of hydrogen-bond donors (Lipinski definition) is 1. The van der Waals surface area contributed by atoms with Crippen molar-refractivity contribution in [1.29, 1.82) is 0 Å². The smallest absolute Gasteiger partial charge is 0.169 e. The summed E-state index contributed by atoms with van der Waals surface area (Å²) >= 11 is 0. The lowest BCUT2D eigenvalue weighted by Gasteiger charge is -2.01. The fourth-order valence-electron chi connectivity index (χ4n) is 2.24. The molecule has 0 aliphatic carbocycles. The van der Waals surface area contributed by atoms with Crippen molar-refractivity contribution in [1.82, 2.24) is 4.98 Å². The highest BCUT2D eigenvalue weighted by Crippen LogP contribution is 2.22. The molecule has 0 unspecified atom stereocenters. The molecule has 3 aromatic rings. The second kappa shape index (κ2) is 4.69. The molecule has 3 heteroatoms. The molecule has 0 amide bonds. The molecule has 1 aromatic heterocycles. The van der Waals surface area contributed by atoms with Crippen LogP contribution in [0.4, 0.5) is 4.39 Å². The lowest BCUT2D eigenvalue weighted by Crippen LogP contribution is -2.03. The van der Waals surface area contributed by atoms with Crippen LogP contribution in [0.2, 0.25) is 0 Å². The monoisotopic (exact) mass is 253 g/mol. The molecular weight excluding hydrogens is 241 g/mol. The van der Waals surface area contributed by atoms with Gasteiger partial charge in [0.05, 0.1) is 0 Å². The first-order chi connectivity index (χ1) is 9.25. The molecule has 94 valence electrons. The van der Waals surface area contributed by atoms with E-state index in [0.29, 0.717) is 16.5 Å². The van der Waals surface area contributed by atoms with Crippen LogP contribution >= 0.6 is 0 Å². The number of hydrogen-bond acceptors (Lipinski definition) is 1. The SMILES string of the molecule is O=C(Cc1ccccc1)c1c[nH]c2cccc(F)c12. The van der Waals surface area contributed by atoms with Gasteiger partial charge in [0.2, 0.25) is 0 Å². The van der Waals surface area contributed by atoms with Crippen LogP contribution in [-0.4, -0.2) is 10.8 Å². The number of aromatic amines is 1. The van der Waals surface area contributed by atoms with Crippen LogP contribution in [0.1, 0.15) is 15.9 Å². The number of nitrogens with one attached hydrogen (secondary N) is 1. The minimum atomic E-state index is -0.366. The fraction of sp³-hybridized carbons (Fsp3) is 0.0625. The summed E-state index contributed by atoms with van der Waals surface area (Å²) in [5.74, 6) is -0.447. The van der Waals surface area contributed by atoms with Gasteiger partial charge in [-0.1, -0.05) is 36.4 Å².